The third kappa shape index (κ3) is 6.54. The Morgan fingerprint density at radius 1 is 1.17 bits per heavy atom. The summed E-state index contributed by atoms with van der Waals surface area (Å²) in [7, 11) is 0. The van der Waals surface area contributed by atoms with Crippen molar-refractivity contribution in [3.63, 3.8) is 0 Å². The van der Waals surface area contributed by atoms with E-state index in [2.05, 4.69) is 10.6 Å². The van der Waals surface area contributed by atoms with Crippen molar-refractivity contribution in [2.75, 3.05) is 11.9 Å². The molecule has 29 heavy (non-hydrogen) atoms. The van der Waals surface area contributed by atoms with E-state index in [-0.39, 0.29) is 11.4 Å². The van der Waals surface area contributed by atoms with Gasteiger partial charge in [0.15, 0.2) is 6.61 Å². The van der Waals surface area contributed by atoms with E-state index in [1.807, 2.05) is 0 Å². The SMILES string of the molecule is CC(=O)N/C(=C\c1ccccc1)C(=O)OCC(=O)Nc1ccc(F)cc1[N+](=O)[O-]. The lowest BCUT2D eigenvalue weighted by Crippen LogP contribution is -2.29. The molecule has 0 bridgehead atoms. The second kappa shape index (κ2) is 9.74. The Labute approximate surface area is 164 Å². The fourth-order valence-electron chi connectivity index (χ4n) is 2.21. The van der Waals surface area contributed by atoms with Crippen LogP contribution in [0.2, 0.25) is 0 Å². The monoisotopic (exact) mass is 401 g/mol. The van der Waals surface area contributed by atoms with Gasteiger partial charge in [0, 0.05) is 6.92 Å². The largest absolute Gasteiger partial charge is 0.451 e. The Hall–Kier alpha value is -4.08. The maximum Gasteiger partial charge on any atom is 0.355 e. The zero-order valence-corrected chi connectivity index (χ0v) is 15.2. The molecule has 0 heterocycles. The van der Waals surface area contributed by atoms with Crippen molar-refractivity contribution in [2.24, 2.45) is 0 Å². The number of hydrogen-bond donors (Lipinski definition) is 2. The molecule has 0 fully saturated rings. The number of ether oxygens (including phenoxy) is 1. The first kappa shape index (κ1) is 21.2. The Morgan fingerprint density at radius 2 is 1.86 bits per heavy atom. The number of halogens is 1. The van der Waals surface area contributed by atoms with Gasteiger partial charge < -0.3 is 15.4 Å². The average Bonchev–Trinajstić information content (AvgIpc) is 2.67. The molecule has 0 unspecified atom stereocenters. The quantitative estimate of drug-likeness (QED) is 0.317. The maximum atomic E-state index is 13.1. The summed E-state index contributed by atoms with van der Waals surface area (Å²) < 4.78 is 18.0. The number of rotatable bonds is 7. The molecule has 10 heteroatoms. The third-order valence-electron chi connectivity index (χ3n) is 3.41. The number of hydrogen-bond acceptors (Lipinski definition) is 6. The van der Waals surface area contributed by atoms with E-state index in [1.54, 1.807) is 30.3 Å². The molecule has 2 amide bonds. The molecule has 2 rings (SSSR count). The van der Waals surface area contributed by atoms with E-state index in [0.717, 1.165) is 12.1 Å². The summed E-state index contributed by atoms with van der Waals surface area (Å²) in [5, 5.41) is 15.4. The summed E-state index contributed by atoms with van der Waals surface area (Å²) in [5.74, 6) is -3.22. The van der Waals surface area contributed by atoms with Crippen molar-refractivity contribution < 1.29 is 28.4 Å². The van der Waals surface area contributed by atoms with E-state index >= 15 is 0 Å². The Kier molecular flexibility index (Phi) is 7.13. The summed E-state index contributed by atoms with van der Waals surface area (Å²) >= 11 is 0. The number of nitrogens with one attached hydrogen (secondary N) is 2. The van der Waals surface area contributed by atoms with Crippen LogP contribution < -0.4 is 10.6 Å². The molecule has 0 aliphatic heterocycles. The Bertz CT molecular complexity index is 975. The van der Waals surface area contributed by atoms with Gasteiger partial charge in [-0.3, -0.25) is 19.7 Å². The molecular formula is C19H16FN3O6. The van der Waals surface area contributed by atoms with Crippen LogP contribution >= 0.6 is 0 Å². The lowest BCUT2D eigenvalue weighted by molar-refractivity contribution is -0.384. The number of benzene rings is 2. The number of carbonyl (C=O) groups is 3. The number of esters is 1. The highest BCUT2D eigenvalue weighted by atomic mass is 19.1. The van der Waals surface area contributed by atoms with Crippen LogP contribution in [0.1, 0.15) is 12.5 Å². The number of nitro groups is 1. The number of anilines is 1. The third-order valence-corrected chi connectivity index (χ3v) is 3.41. The second-order valence-corrected chi connectivity index (χ2v) is 5.69. The summed E-state index contributed by atoms with van der Waals surface area (Å²) in [5.41, 5.74) is -0.476. The van der Waals surface area contributed by atoms with E-state index in [1.165, 1.54) is 13.0 Å². The van der Waals surface area contributed by atoms with E-state index in [0.29, 0.717) is 11.6 Å². The molecule has 2 N–H and O–H groups in total. The van der Waals surface area contributed by atoms with Gasteiger partial charge in [-0.15, -0.1) is 0 Å². The van der Waals surface area contributed by atoms with Gasteiger partial charge in [0.05, 0.1) is 11.0 Å². The molecule has 0 aliphatic rings. The van der Waals surface area contributed by atoms with E-state index in [9.17, 15) is 28.9 Å². The Morgan fingerprint density at radius 3 is 2.48 bits per heavy atom. The molecule has 0 spiro atoms. The molecule has 2 aromatic rings. The van der Waals surface area contributed by atoms with Gasteiger partial charge in [-0.25, -0.2) is 9.18 Å². The molecule has 0 saturated carbocycles. The van der Waals surface area contributed by atoms with Crippen molar-refractivity contribution >= 4 is 35.2 Å². The van der Waals surface area contributed by atoms with E-state index < -0.39 is 40.8 Å². The smallest absolute Gasteiger partial charge is 0.355 e. The van der Waals surface area contributed by atoms with Gasteiger partial charge in [0.2, 0.25) is 5.91 Å². The van der Waals surface area contributed by atoms with Crippen LogP contribution in [0.15, 0.2) is 54.2 Å². The van der Waals surface area contributed by atoms with E-state index in [4.69, 9.17) is 4.74 Å². The topological polar surface area (TPSA) is 128 Å². The minimum absolute atomic E-state index is 0.190. The molecule has 0 aliphatic carbocycles. The van der Waals surface area contributed by atoms with Crippen molar-refractivity contribution in [3.8, 4) is 0 Å². The molecule has 2 aromatic carbocycles. The fourth-order valence-corrected chi connectivity index (χ4v) is 2.21. The standard InChI is InChI=1S/C19H16FN3O6/c1-12(24)21-16(9-13-5-3-2-4-6-13)19(26)29-11-18(25)22-15-8-7-14(20)10-17(15)23(27)28/h2-10H,11H2,1H3,(H,21,24)(H,22,25)/b16-9-. The number of nitrogens with zero attached hydrogens (tertiary/aromatic N) is 1. The molecule has 0 aromatic heterocycles. The van der Waals surface area contributed by atoms with Gasteiger partial charge in [0.1, 0.15) is 17.2 Å². The van der Waals surface area contributed by atoms with Gasteiger partial charge in [-0.2, -0.15) is 0 Å². The molecule has 9 nitrogen and oxygen atoms in total. The number of amides is 2. The van der Waals surface area contributed by atoms with Crippen LogP contribution in [0.3, 0.4) is 0 Å². The predicted octanol–water partition coefficient (Wildman–Crippen LogP) is 2.39. The fraction of sp³-hybridized carbons (Fsp3) is 0.105. The first-order valence-corrected chi connectivity index (χ1v) is 8.21. The summed E-state index contributed by atoms with van der Waals surface area (Å²) in [6, 6.07) is 11.2. The predicted molar refractivity (Wildman–Crippen MR) is 101 cm³/mol. The summed E-state index contributed by atoms with van der Waals surface area (Å²) in [4.78, 5) is 45.6. The number of nitro benzene ring substituents is 1. The van der Waals surface area contributed by atoms with Gasteiger partial charge in [-0.05, 0) is 23.8 Å². The van der Waals surface area contributed by atoms with Crippen molar-refractivity contribution in [3.05, 3.63) is 75.7 Å². The molecule has 0 saturated heterocycles. The zero-order chi connectivity index (χ0) is 21.4. The highest BCUT2D eigenvalue weighted by Crippen LogP contribution is 2.24. The second-order valence-electron chi connectivity index (χ2n) is 5.69. The Balaban J connectivity index is 2.06. The maximum absolute atomic E-state index is 13.1. The molecular weight excluding hydrogens is 385 g/mol. The molecule has 0 radical (unpaired) electrons. The van der Waals surface area contributed by atoms with Crippen LogP contribution in [0.5, 0.6) is 0 Å². The van der Waals surface area contributed by atoms with Crippen molar-refractivity contribution in [1.29, 1.82) is 0 Å². The highest BCUT2D eigenvalue weighted by Gasteiger charge is 2.19. The first-order chi connectivity index (χ1) is 13.8. The zero-order valence-electron chi connectivity index (χ0n) is 15.2. The van der Waals surface area contributed by atoms with Crippen LogP contribution in [-0.4, -0.2) is 29.3 Å². The minimum atomic E-state index is -0.979. The van der Waals surface area contributed by atoms with Crippen LogP contribution in [0.4, 0.5) is 15.8 Å². The average molecular weight is 401 g/mol. The van der Waals surface area contributed by atoms with Gasteiger partial charge in [-0.1, -0.05) is 30.3 Å². The lowest BCUT2D eigenvalue weighted by Gasteiger charge is -2.10. The van der Waals surface area contributed by atoms with Crippen LogP contribution in [0.25, 0.3) is 6.08 Å². The van der Waals surface area contributed by atoms with Crippen LogP contribution in [0, 0.1) is 15.9 Å². The highest BCUT2D eigenvalue weighted by molar-refractivity contribution is 6.00. The summed E-state index contributed by atoms with van der Waals surface area (Å²) in [6.45, 7) is 0.422. The van der Waals surface area contributed by atoms with Gasteiger partial charge in [0.25, 0.3) is 11.6 Å². The molecule has 150 valence electrons. The molecule has 0 atom stereocenters. The lowest BCUT2D eigenvalue weighted by atomic mass is 10.2. The minimum Gasteiger partial charge on any atom is -0.451 e. The van der Waals surface area contributed by atoms with Crippen molar-refractivity contribution in [1.82, 2.24) is 5.32 Å². The number of carbonyl (C=O) groups excluding carboxylic acids is 3. The van der Waals surface area contributed by atoms with Crippen LogP contribution in [-0.2, 0) is 19.1 Å². The first-order valence-electron chi connectivity index (χ1n) is 8.21. The van der Waals surface area contributed by atoms with Crippen molar-refractivity contribution in [2.45, 2.75) is 6.92 Å². The van der Waals surface area contributed by atoms with Gasteiger partial charge >= 0.3 is 5.97 Å². The normalized spacial score (nSPS) is 10.8. The summed E-state index contributed by atoms with van der Waals surface area (Å²) in [6.07, 6.45) is 1.37.